The van der Waals surface area contributed by atoms with Crippen molar-refractivity contribution in [3.63, 3.8) is 0 Å². The van der Waals surface area contributed by atoms with E-state index in [0.29, 0.717) is 13.1 Å². The highest BCUT2D eigenvalue weighted by molar-refractivity contribution is 9.10. The molecule has 5 nitrogen and oxygen atoms in total. The summed E-state index contributed by atoms with van der Waals surface area (Å²) in [6.45, 7) is 6.84. The molecule has 6 heteroatoms. The topological polar surface area (TPSA) is 39.2 Å². The summed E-state index contributed by atoms with van der Waals surface area (Å²) in [6.07, 6.45) is 0.898. The molecular weight excluding hydrogens is 440 g/mol. The highest BCUT2D eigenvalue weighted by Gasteiger charge is 2.41. The first-order valence-electron chi connectivity index (χ1n) is 10.5. The second kappa shape index (κ2) is 8.00. The molecule has 3 aliphatic heterocycles. The van der Waals surface area contributed by atoms with Crippen LogP contribution in [0.5, 0.6) is 0 Å². The lowest BCUT2D eigenvalue weighted by Crippen LogP contribution is -2.53. The lowest BCUT2D eigenvalue weighted by atomic mass is 9.99. The molecule has 0 bridgehead atoms. The molecule has 0 atom stereocenters. The number of nitrogens with zero attached hydrogens (tertiary/aromatic N) is 4. The molecule has 0 N–H and O–H groups in total. The summed E-state index contributed by atoms with van der Waals surface area (Å²) >= 11 is 3.63. The zero-order valence-corrected chi connectivity index (χ0v) is 18.7. The third-order valence-corrected chi connectivity index (χ3v) is 7.00. The molecule has 0 spiro atoms. The molecule has 154 valence electrons. The number of rotatable bonds is 4. The number of aryl methyl sites for hydroxylation is 1. The molecule has 3 heterocycles. The van der Waals surface area contributed by atoms with Crippen molar-refractivity contribution in [2.45, 2.75) is 26.4 Å². The molecule has 30 heavy (non-hydrogen) atoms. The lowest BCUT2D eigenvalue weighted by Gasteiger charge is -2.42. The first-order chi connectivity index (χ1) is 14.6. The lowest BCUT2D eigenvalue weighted by molar-refractivity contribution is -0.125. The number of amides is 1. The summed E-state index contributed by atoms with van der Waals surface area (Å²) in [6, 6.07) is 16.6. The summed E-state index contributed by atoms with van der Waals surface area (Å²) < 4.78 is 1.02. The molecule has 2 aromatic rings. The van der Waals surface area contributed by atoms with Gasteiger partial charge in [-0.05, 0) is 29.7 Å². The maximum atomic E-state index is 13.6. The van der Waals surface area contributed by atoms with Crippen LogP contribution in [-0.4, -0.2) is 52.7 Å². The van der Waals surface area contributed by atoms with Crippen molar-refractivity contribution >= 4 is 27.8 Å². The van der Waals surface area contributed by atoms with E-state index in [1.807, 2.05) is 23.1 Å². The predicted octanol–water partition coefficient (Wildman–Crippen LogP) is 3.93. The smallest absolute Gasteiger partial charge is 0.259 e. The summed E-state index contributed by atoms with van der Waals surface area (Å²) in [4.78, 5) is 24.8. The summed E-state index contributed by atoms with van der Waals surface area (Å²) in [7, 11) is 0. The van der Waals surface area contributed by atoms with E-state index in [1.54, 1.807) is 0 Å². The number of hydrogen-bond donors (Lipinski definition) is 0. The Morgan fingerprint density at radius 1 is 1.00 bits per heavy atom. The minimum Gasteiger partial charge on any atom is -0.314 e. The molecular formula is C24H25BrN4O. The van der Waals surface area contributed by atoms with Gasteiger partial charge in [0.25, 0.3) is 5.91 Å². The third-order valence-electron chi connectivity index (χ3n) is 6.23. The van der Waals surface area contributed by atoms with Crippen molar-refractivity contribution in [3.05, 3.63) is 81.0 Å². The van der Waals surface area contributed by atoms with Gasteiger partial charge in [0, 0.05) is 42.8 Å². The fourth-order valence-electron chi connectivity index (χ4n) is 4.58. The van der Waals surface area contributed by atoms with Crippen LogP contribution < -0.4 is 0 Å². The van der Waals surface area contributed by atoms with Gasteiger partial charge in [0.05, 0.1) is 18.7 Å². The summed E-state index contributed by atoms with van der Waals surface area (Å²) in [5, 5.41) is 0. The number of aliphatic imine (C=N–C) groups is 1. The van der Waals surface area contributed by atoms with Gasteiger partial charge in [-0.15, -0.1) is 0 Å². The van der Waals surface area contributed by atoms with Gasteiger partial charge >= 0.3 is 0 Å². The van der Waals surface area contributed by atoms with Crippen molar-refractivity contribution in [1.82, 2.24) is 14.7 Å². The molecule has 0 aromatic heterocycles. The standard InChI is InChI=1S/C24H25BrN4O/c1-17-6-2-3-7-18(17)14-27-12-10-22-20(16-27)23(30)29(24-26-11-13-28(22)24)15-19-8-4-5-9-21(19)25/h2-9H,10-16H2,1H3. The highest BCUT2D eigenvalue weighted by atomic mass is 79.9. The van der Waals surface area contributed by atoms with Gasteiger partial charge in [0.15, 0.2) is 0 Å². The van der Waals surface area contributed by atoms with Crippen LogP contribution in [-0.2, 0) is 17.9 Å². The van der Waals surface area contributed by atoms with E-state index in [0.717, 1.165) is 54.2 Å². The number of fused-ring (bicyclic) bond motifs is 2. The van der Waals surface area contributed by atoms with Crippen LogP contribution in [0.3, 0.4) is 0 Å². The zero-order valence-electron chi connectivity index (χ0n) is 17.1. The molecule has 0 unspecified atom stereocenters. The third kappa shape index (κ3) is 3.48. The Labute approximate surface area is 185 Å². The number of carbonyl (C=O) groups excluding carboxylic acids is 1. The van der Waals surface area contributed by atoms with E-state index < -0.39 is 0 Å². The van der Waals surface area contributed by atoms with Crippen molar-refractivity contribution in [1.29, 1.82) is 0 Å². The van der Waals surface area contributed by atoms with E-state index in [4.69, 9.17) is 0 Å². The monoisotopic (exact) mass is 464 g/mol. The van der Waals surface area contributed by atoms with Gasteiger partial charge in [-0.1, -0.05) is 58.4 Å². The Morgan fingerprint density at radius 3 is 2.57 bits per heavy atom. The highest BCUT2D eigenvalue weighted by Crippen LogP contribution is 2.33. The van der Waals surface area contributed by atoms with Crippen molar-refractivity contribution < 1.29 is 4.79 Å². The van der Waals surface area contributed by atoms with Crippen molar-refractivity contribution in [2.24, 2.45) is 4.99 Å². The molecule has 2 aromatic carbocycles. The first-order valence-corrected chi connectivity index (χ1v) is 11.3. The molecule has 0 saturated carbocycles. The largest absolute Gasteiger partial charge is 0.314 e. The zero-order chi connectivity index (χ0) is 20.7. The molecule has 0 saturated heterocycles. The Kier molecular flexibility index (Phi) is 5.21. The fourth-order valence-corrected chi connectivity index (χ4v) is 4.99. The van der Waals surface area contributed by atoms with E-state index in [-0.39, 0.29) is 5.91 Å². The van der Waals surface area contributed by atoms with Crippen LogP contribution in [0.1, 0.15) is 23.1 Å². The Hall–Kier alpha value is -2.44. The van der Waals surface area contributed by atoms with Gasteiger partial charge in [-0.25, -0.2) is 0 Å². The number of guanidine groups is 1. The van der Waals surface area contributed by atoms with Crippen molar-refractivity contribution in [3.8, 4) is 0 Å². The van der Waals surface area contributed by atoms with Crippen LogP contribution in [0.15, 0.2) is 69.3 Å². The molecule has 5 rings (SSSR count). The first kappa shape index (κ1) is 19.5. The number of benzene rings is 2. The molecule has 0 aliphatic carbocycles. The second-order valence-electron chi connectivity index (χ2n) is 8.13. The van der Waals surface area contributed by atoms with Gasteiger partial charge in [0.2, 0.25) is 5.96 Å². The number of hydrogen-bond acceptors (Lipinski definition) is 4. The van der Waals surface area contributed by atoms with Gasteiger partial charge in [0.1, 0.15) is 0 Å². The minimum absolute atomic E-state index is 0.104. The van der Waals surface area contributed by atoms with Gasteiger partial charge in [-0.2, -0.15) is 0 Å². The summed E-state index contributed by atoms with van der Waals surface area (Å²) in [5.41, 5.74) is 5.84. The molecule has 0 radical (unpaired) electrons. The fraction of sp³-hybridized carbons (Fsp3) is 0.333. The van der Waals surface area contributed by atoms with Crippen LogP contribution in [0.4, 0.5) is 0 Å². The van der Waals surface area contributed by atoms with E-state index in [2.05, 4.69) is 68.0 Å². The van der Waals surface area contributed by atoms with Gasteiger partial charge < -0.3 is 4.90 Å². The molecule has 3 aliphatic rings. The molecule has 0 fully saturated rings. The Bertz CT molecular complexity index is 1060. The van der Waals surface area contributed by atoms with Crippen LogP contribution in [0.2, 0.25) is 0 Å². The normalized spacial score (nSPS) is 19.1. The van der Waals surface area contributed by atoms with E-state index >= 15 is 0 Å². The quantitative estimate of drug-likeness (QED) is 0.687. The van der Waals surface area contributed by atoms with E-state index in [1.165, 1.54) is 16.8 Å². The maximum Gasteiger partial charge on any atom is 0.259 e. The van der Waals surface area contributed by atoms with Crippen molar-refractivity contribution in [2.75, 3.05) is 26.2 Å². The van der Waals surface area contributed by atoms with Crippen LogP contribution in [0, 0.1) is 6.92 Å². The Balaban J connectivity index is 1.42. The average Bonchev–Trinajstić information content (AvgIpc) is 3.24. The average molecular weight is 465 g/mol. The van der Waals surface area contributed by atoms with E-state index in [9.17, 15) is 4.79 Å². The maximum absolute atomic E-state index is 13.6. The number of carbonyl (C=O) groups is 1. The summed E-state index contributed by atoms with van der Waals surface area (Å²) in [5.74, 6) is 0.925. The second-order valence-corrected chi connectivity index (χ2v) is 8.98. The van der Waals surface area contributed by atoms with Crippen LogP contribution in [0.25, 0.3) is 0 Å². The molecule has 1 amide bonds. The minimum atomic E-state index is 0.104. The SMILES string of the molecule is Cc1ccccc1CN1CCC2=C(C1)C(=O)N(Cc1ccccc1Br)C1=NCCN12. The predicted molar refractivity (Wildman–Crippen MR) is 122 cm³/mol. The van der Waals surface area contributed by atoms with Gasteiger partial charge in [-0.3, -0.25) is 19.6 Å². The Morgan fingerprint density at radius 2 is 1.77 bits per heavy atom. The van der Waals surface area contributed by atoms with Crippen LogP contribution >= 0.6 is 15.9 Å². The number of halogens is 1.